The van der Waals surface area contributed by atoms with Gasteiger partial charge >= 0.3 is 0 Å². The lowest BCUT2D eigenvalue weighted by molar-refractivity contribution is 0.192. The van der Waals surface area contributed by atoms with Crippen LogP contribution >= 0.6 is 0 Å². The van der Waals surface area contributed by atoms with Crippen molar-refractivity contribution in [1.82, 2.24) is 5.32 Å². The number of hydrogen-bond donors (Lipinski definition) is 1. The molecule has 1 aliphatic carbocycles. The molecule has 0 radical (unpaired) electrons. The Morgan fingerprint density at radius 1 is 1.20 bits per heavy atom. The first kappa shape index (κ1) is 13.0. The first-order valence-corrected chi connectivity index (χ1v) is 6.45. The maximum Gasteiger partial charge on any atom is 0.100 e. The van der Waals surface area contributed by atoms with Crippen LogP contribution < -0.4 is 5.32 Å². The van der Waals surface area contributed by atoms with E-state index in [0.29, 0.717) is 6.04 Å². The van der Waals surface area contributed by atoms with Crippen molar-refractivity contribution in [3.05, 3.63) is 0 Å². The van der Waals surface area contributed by atoms with Crippen LogP contribution in [0.4, 0.5) is 4.39 Å². The summed E-state index contributed by atoms with van der Waals surface area (Å²) in [5, 5.41) is 3.68. The molecule has 1 rings (SSSR count). The Balaban J connectivity index is 2.27. The molecule has 1 fully saturated rings. The number of halogens is 1. The molecule has 0 heterocycles. The summed E-state index contributed by atoms with van der Waals surface area (Å²) in [7, 11) is 0. The highest BCUT2D eigenvalue weighted by Crippen LogP contribution is 2.24. The Bertz CT molecular complexity index is 171. The molecule has 0 atom stereocenters. The lowest BCUT2D eigenvalue weighted by Crippen LogP contribution is -2.47. The predicted molar refractivity (Wildman–Crippen MR) is 63.9 cm³/mol. The molecule has 1 saturated carbocycles. The Morgan fingerprint density at radius 2 is 1.80 bits per heavy atom. The van der Waals surface area contributed by atoms with Gasteiger partial charge in [0.2, 0.25) is 0 Å². The van der Waals surface area contributed by atoms with Crippen LogP contribution in [0.5, 0.6) is 0 Å². The molecule has 0 spiro atoms. The Hall–Kier alpha value is -0.110. The number of nitrogens with one attached hydrogen (secondary N) is 1. The Labute approximate surface area is 93.8 Å². The smallest absolute Gasteiger partial charge is 0.100 e. The maximum absolute atomic E-state index is 13.0. The molecule has 1 N–H and O–H groups in total. The van der Waals surface area contributed by atoms with Crippen LogP contribution in [-0.2, 0) is 0 Å². The van der Waals surface area contributed by atoms with E-state index in [1.807, 2.05) is 0 Å². The molecule has 1 aliphatic rings. The predicted octanol–water partition coefficient (Wildman–Crippen LogP) is 3.83. The van der Waals surface area contributed by atoms with E-state index in [1.54, 1.807) is 0 Å². The molecule has 0 bridgehead atoms. The summed E-state index contributed by atoms with van der Waals surface area (Å²) in [6, 6.07) is 0.545. The second-order valence-corrected chi connectivity index (χ2v) is 5.58. The van der Waals surface area contributed by atoms with E-state index < -0.39 is 6.17 Å². The number of rotatable bonds is 5. The highest BCUT2D eigenvalue weighted by atomic mass is 19.1. The van der Waals surface area contributed by atoms with Crippen molar-refractivity contribution in [2.45, 2.75) is 83.5 Å². The van der Waals surface area contributed by atoms with Crippen molar-refractivity contribution in [3.63, 3.8) is 0 Å². The highest BCUT2D eigenvalue weighted by Gasteiger charge is 2.25. The average molecular weight is 215 g/mol. The summed E-state index contributed by atoms with van der Waals surface area (Å²) in [5.74, 6) is 0. The molecule has 15 heavy (non-hydrogen) atoms. The maximum atomic E-state index is 13.0. The van der Waals surface area contributed by atoms with Crippen LogP contribution in [0.3, 0.4) is 0 Å². The third-order valence-corrected chi connectivity index (χ3v) is 3.41. The first-order valence-electron chi connectivity index (χ1n) is 6.45. The number of unbranched alkanes of at least 4 members (excludes halogenated alkanes) is 1. The van der Waals surface area contributed by atoms with Gasteiger partial charge in [-0.2, -0.15) is 0 Å². The quantitative estimate of drug-likeness (QED) is 0.735. The fourth-order valence-electron chi connectivity index (χ4n) is 2.44. The van der Waals surface area contributed by atoms with E-state index in [2.05, 4.69) is 26.1 Å². The summed E-state index contributed by atoms with van der Waals surface area (Å²) in [6.45, 7) is 6.76. The Morgan fingerprint density at radius 3 is 2.33 bits per heavy atom. The van der Waals surface area contributed by atoms with Crippen LogP contribution in [0.25, 0.3) is 0 Å². The lowest BCUT2D eigenvalue weighted by Gasteiger charge is -2.34. The molecule has 0 aromatic rings. The van der Waals surface area contributed by atoms with Crippen LogP contribution in [0.2, 0.25) is 0 Å². The summed E-state index contributed by atoms with van der Waals surface area (Å²) in [5.41, 5.74) is 0.226. The lowest BCUT2D eigenvalue weighted by atomic mass is 9.89. The van der Waals surface area contributed by atoms with Gasteiger partial charge in [-0.05, 0) is 46.0 Å². The van der Waals surface area contributed by atoms with Gasteiger partial charge in [0.15, 0.2) is 0 Å². The summed E-state index contributed by atoms with van der Waals surface area (Å²) in [4.78, 5) is 0. The van der Waals surface area contributed by atoms with Crippen LogP contribution in [-0.4, -0.2) is 17.8 Å². The largest absolute Gasteiger partial charge is 0.309 e. The monoisotopic (exact) mass is 215 g/mol. The van der Waals surface area contributed by atoms with Crippen molar-refractivity contribution in [2.24, 2.45) is 0 Å². The fraction of sp³-hybridized carbons (Fsp3) is 1.00. The molecule has 90 valence electrons. The summed E-state index contributed by atoms with van der Waals surface area (Å²) in [6.07, 6.45) is 6.73. The van der Waals surface area contributed by atoms with Crippen molar-refractivity contribution >= 4 is 0 Å². The SMILES string of the molecule is CCCCC(C)(C)NC1CCC(F)CC1. The zero-order valence-electron chi connectivity index (χ0n) is 10.5. The zero-order valence-corrected chi connectivity index (χ0v) is 10.5. The van der Waals surface area contributed by atoms with Gasteiger partial charge in [-0.1, -0.05) is 19.8 Å². The molecule has 0 saturated heterocycles. The van der Waals surface area contributed by atoms with Crippen molar-refractivity contribution in [2.75, 3.05) is 0 Å². The summed E-state index contributed by atoms with van der Waals surface area (Å²) >= 11 is 0. The molecule has 0 aliphatic heterocycles. The normalized spacial score (nSPS) is 28.0. The van der Waals surface area contributed by atoms with Crippen molar-refractivity contribution in [3.8, 4) is 0 Å². The molecular weight excluding hydrogens is 189 g/mol. The van der Waals surface area contributed by atoms with Crippen molar-refractivity contribution < 1.29 is 4.39 Å². The van der Waals surface area contributed by atoms with E-state index >= 15 is 0 Å². The van der Waals surface area contributed by atoms with Crippen LogP contribution in [0.1, 0.15) is 65.7 Å². The van der Waals surface area contributed by atoms with Gasteiger partial charge in [0.25, 0.3) is 0 Å². The van der Waals surface area contributed by atoms with Gasteiger partial charge < -0.3 is 5.32 Å². The van der Waals surface area contributed by atoms with Gasteiger partial charge in [0, 0.05) is 11.6 Å². The van der Waals surface area contributed by atoms with Gasteiger partial charge in [0.05, 0.1) is 0 Å². The van der Waals surface area contributed by atoms with E-state index in [4.69, 9.17) is 0 Å². The third-order valence-electron chi connectivity index (χ3n) is 3.41. The van der Waals surface area contributed by atoms with Gasteiger partial charge in [-0.3, -0.25) is 0 Å². The summed E-state index contributed by atoms with van der Waals surface area (Å²) < 4.78 is 13.0. The first-order chi connectivity index (χ1) is 7.03. The number of alkyl halides is 1. The third kappa shape index (κ3) is 4.96. The molecule has 0 aromatic carbocycles. The molecule has 2 heteroatoms. The van der Waals surface area contributed by atoms with Gasteiger partial charge in [-0.25, -0.2) is 4.39 Å². The van der Waals surface area contributed by atoms with E-state index in [9.17, 15) is 4.39 Å². The van der Waals surface area contributed by atoms with Crippen LogP contribution in [0.15, 0.2) is 0 Å². The topological polar surface area (TPSA) is 12.0 Å². The fourth-order valence-corrected chi connectivity index (χ4v) is 2.44. The van der Waals surface area contributed by atoms with Gasteiger partial charge in [0.1, 0.15) is 6.17 Å². The van der Waals surface area contributed by atoms with Crippen molar-refractivity contribution in [1.29, 1.82) is 0 Å². The minimum Gasteiger partial charge on any atom is -0.309 e. The molecule has 0 amide bonds. The van der Waals surface area contributed by atoms with E-state index in [1.165, 1.54) is 19.3 Å². The minimum absolute atomic E-state index is 0.226. The highest BCUT2D eigenvalue weighted by molar-refractivity contribution is 4.85. The minimum atomic E-state index is -0.540. The molecular formula is C13H26FN. The van der Waals surface area contributed by atoms with E-state index in [0.717, 1.165) is 25.7 Å². The van der Waals surface area contributed by atoms with Crippen LogP contribution in [0, 0.1) is 0 Å². The number of hydrogen-bond acceptors (Lipinski definition) is 1. The standard InChI is InChI=1S/C13H26FN/c1-4-5-10-13(2,3)15-12-8-6-11(14)7-9-12/h11-12,15H,4-10H2,1-3H3. The Kier molecular flexibility index (Phi) is 5.04. The van der Waals surface area contributed by atoms with E-state index in [-0.39, 0.29) is 5.54 Å². The second kappa shape index (κ2) is 5.83. The van der Waals surface area contributed by atoms with Gasteiger partial charge in [-0.15, -0.1) is 0 Å². The molecule has 1 nitrogen and oxygen atoms in total. The zero-order chi connectivity index (χ0) is 11.3. The molecule has 0 aromatic heterocycles. The molecule has 0 unspecified atom stereocenters. The average Bonchev–Trinajstić information content (AvgIpc) is 2.18. The second-order valence-electron chi connectivity index (χ2n) is 5.58.